The first-order valence-electron chi connectivity index (χ1n) is 10.5. The van der Waals surface area contributed by atoms with E-state index < -0.39 is 0 Å². The van der Waals surface area contributed by atoms with Crippen LogP contribution < -0.4 is 10.6 Å². The van der Waals surface area contributed by atoms with Crippen LogP contribution >= 0.6 is 35.3 Å². The predicted octanol–water partition coefficient (Wildman–Crippen LogP) is 4.56. The molecule has 5 nitrogen and oxygen atoms in total. The summed E-state index contributed by atoms with van der Waals surface area (Å²) < 4.78 is 0. The first-order chi connectivity index (χ1) is 13.8. The second-order valence-corrected chi connectivity index (χ2v) is 8.48. The van der Waals surface area contributed by atoms with Crippen LogP contribution in [0.1, 0.15) is 54.1 Å². The summed E-state index contributed by atoms with van der Waals surface area (Å²) in [6.45, 7) is 10.0. The number of thiazole rings is 1. The maximum absolute atomic E-state index is 4.73. The van der Waals surface area contributed by atoms with Crippen molar-refractivity contribution in [2.24, 2.45) is 4.99 Å². The molecule has 1 aliphatic heterocycles. The standard InChI is InChI=1S/C22H33N5S.HI/c1-3-20-15-24-21(28-20)16-26-22(23-4-2)25-14-18-8-10-19(11-9-18)17-27-12-6-5-7-13-27;/h8-11,15H,3-7,12-14,16-17H2,1-2H3,(H2,23,25,26);1H. The molecule has 3 rings (SSSR count). The number of halogens is 1. The Morgan fingerprint density at radius 3 is 2.45 bits per heavy atom. The highest BCUT2D eigenvalue weighted by Crippen LogP contribution is 2.14. The molecule has 0 aliphatic carbocycles. The Kier molecular flexibility index (Phi) is 10.9. The molecule has 2 aromatic rings. The lowest BCUT2D eigenvalue weighted by Crippen LogP contribution is -2.36. The molecule has 1 aliphatic rings. The lowest BCUT2D eigenvalue weighted by atomic mass is 10.1. The van der Waals surface area contributed by atoms with Crippen molar-refractivity contribution in [3.05, 3.63) is 51.5 Å². The molecular formula is C22H34IN5S. The quantitative estimate of drug-likeness (QED) is 0.300. The highest BCUT2D eigenvalue weighted by molar-refractivity contribution is 14.0. The lowest BCUT2D eigenvalue weighted by molar-refractivity contribution is 0.221. The van der Waals surface area contributed by atoms with Crippen molar-refractivity contribution >= 4 is 41.3 Å². The largest absolute Gasteiger partial charge is 0.357 e. The fourth-order valence-corrected chi connectivity index (χ4v) is 4.19. The average Bonchev–Trinajstić information content (AvgIpc) is 3.20. The van der Waals surface area contributed by atoms with Crippen LogP contribution in [0.4, 0.5) is 0 Å². The van der Waals surface area contributed by atoms with Gasteiger partial charge in [0, 0.05) is 24.2 Å². The van der Waals surface area contributed by atoms with Crippen molar-refractivity contribution in [3.8, 4) is 0 Å². The number of likely N-dealkylation sites (tertiary alicyclic amines) is 1. The van der Waals surface area contributed by atoms with Crippen LogP contribution in [0.25, 0.3) is 0 Å². The minimum Gasteiger partial charge on any atom is -0.357 e. The van der Waals surface area contributed by atoms with E-state index in [9.17, 15) is 0 Å². The topological polar surface area (TPSA) is 52.6 Å². The van der Waals surface area contributed by atoms with Gasteiger partial charge in [-0.2, -0.15) is 0 Å². The summed E-state index contributed by atoms with van der Waals surface area (Å²) in [6, 6.07) is 8.92. The second kappa shape index (κ2) is 13.2. The van der Waals surface area contributed by atoms with Gasteiger partial charge < -0.3 is 10.6 Å². The summed E-state index contributed by atoms with van der Waals surface area (Å²) in [5.41, 5.74) is 2.64. The number of piperidine rings is 1. The monoisotopic (exact) mass is 527 g/mol. The van der Waals surface area contributed by atoms with Gasteiger partial charge in [-0.25, -0.2) is 9.98 Å². The second-order valence-electron chi connectivity index (χ2n) is 7.28. The molecule has 0 atom stereocenters. The van der Waals surface area contributed by atoms with E-state index in [4.69, 9.17) is 4.99 Å². The van der Waals surface area contributed by atoms with Gasteiger partial charge in [0.25, 0.3) is 0 Å². The zero-order chi connectivity index (χ0) is 19.6. The minimum atomic E-state index is 0. The van der Waals surface area contributed by atoms with Gasteiger partial charge in [0.15, 0.2) is 5.96 Å². The highest BCUT2D eigenvalue weighted by Gasteiger charge is 2.10. The summed E-state index contributed by atoms with van der Waals surface area (Å²) in [4.78, 5) is 13.1. The Morgan fingerprint density at radius 2 is 1.79 bits per heavy atom. The molecule has 2 N–H and O–H groups in total. The molecule has 1 saturated heterocycles. The van der Waals surface area contributed by atoms with Crippen LogP contribution in [-0.2, 0) is 26.1 Å². The van der Waals surface area contributed by atoms with Gasteiger partial charge in [-0.3, -0.25) is 4.90 Å². The third-order valence-electron chi connectivity index (χ3n) is 5.00. The van der Waals surface area contributed by atoms with E-state index in [1.807, 2.05) is 6.20 Å². The highest BCUT2D eigenvalue weighted by atomic mass is 127. The molecule has 7 heteroatoms. The summed E-state index contributed by atoms with van der Waals surface area (Å²) in [7, 11) is 0. The van der Waals surface area contributed by atoms with E-state index in [0.29, 0.717) is 13.1 Å². The van der Waals surface area contributed by atoms with E-state index in [2.05, 4.69) is 58.6 Å². The number of aryl methyl sites for hydroxylation is 1. The zero-order valence-electron chi connectivity index (χ0n) is 17.6. The van der Waals surface area contributed by atoms with Gasteiger partial charge in [-0.05, 0) is 50.4 Å². The smallest absolute Gasteiger partial charge is 0.191 e. The third-order valence-corrected chi connectivity index (χ3v) is 6.14. The van der Waals surface area contributed by atoms with Crippen molar-refractivity contribution in [2.75, 3.05) is 19.6 Å². The van der Waals surface area contributed by atoms with Gasteiger partial charge in [0.2, 0.25) is 0 Å². The Hall–Kier alpha value is -1.19. The van der Waals surface area contributed by atoms with Crippen LogP contribution in [-0.4, -0.2) is 35.5 Å². The molecular weight excluding hydrogens is 493 g/mol. The van der Waals surface area contributed by atoms with Gasteiger partial charge in [-0.15, -0.1) is 35.3 Å². The van der Waals surface area contributed by atoms with Crippen LogP contribution in [0, 0.1) is 0 Å². The number of benzene rings is 1. The third kappa shape index (κ3) is 8.22. The van der Waals surface area contributed by atoms with E-state index in [-0.39, 0.29) is 24.0 Å². The molecule has 0 saturated carbocycles. The number of hydrogen-bond donors (Lipinski definition) is 2. The maximum Gasteiger partial charge on any atom is 0.191 e. The summed E-state index contributed by atoms with van der Waals surface area (Å²) in [5, 5.41) is 7.81. The van der Waals surface area contributed by atoms with Crippen LogP contribution in [0.2, 0.25) is 0 Å². The van der Waals surface area contributed by atoms with Crippen molar-refractivity contribution < 1.29 is 0 Å². The number of nitrogens with zero attached hydrogens (tertiary/aromatic N) is 3. The maximum atomic E-state index is 4.73. The number of rotatable bonds is 8. The molecule has 1 aromatic heterocycles. The summed E-state index contributed by atoms with van der Waals surface area (Å²) in [6.07, 6.45) is 7.08. The minimum absolute atomic E-state index is 0. The van der Waals surface area contributed by atoms with Gasteiger partial charge in [0.1, 0.15) is 5.01 Å². The molecule has 160 valence electrons. The van der Waals surface area contributed by atoms with Crippen molar-refractivity contribution in [2.45, 2.75) is 59.2 Å². The average molecular weight is 528 g/mol. The predicted molar refractivity (Wildman–Crippen MR) is 134 cm³/mol. The van der Waals surface area contributed by atoms with E-state index in [1.165, 1.54) is 48.4 Å². The Bertz CT molecular complexity index is 738. The normalized spacial score (nSPS) is 15.0. The number of aromatic nitrogens is 1. The Balaban J connectivity index is 0.00000300. The first kappa shape index (κ1) is 24.1. The Morgan fingerprint density at radius 1 is 1.07 bits per heavy atom. The van der Waals surface area contributed by atoms with Gasteiger partial charge in [-0.1, -0.05) is 37.6 Å². The molecule has 1 fully saturated rings. The number of nitrogens with one attached hydrogen (secondary N) is 2. The van der Waals surface area contributed by atoms with E-state index in [1.54, 1.807) is 11.3 Å². The number of hydrogen-bond acceptors (Lipinski definition) is 4. The fourth-order valence-electron chi connectivity index (χ4n) is 3.39. The summed E-state index contributed by atoms with van der Waals surface area (Å²) >= 11 is 1.76. The summed E-state index contributed by atoms with van der Waals surface area (Å²) in [5.74, 6) is 0.841. The van der Waals surface area contributed by atoms with Crippen molar-refractivity contribution in [3.63, 3.8) is 0 Å². The number of aliphatic imine (C=N–C) groups is 1. The molecule has 0 radical (unpaired) electrons. The van der Waals surface area contributed by atoms with Crippen LogP contribution in [0.3, 0.4) is 0 Å². The first-order valence-corrected chi connectivity index (χ1v) is 11.3. The van der Waals surface area contributed by atoms with Crippen molar-refractivity contribution in [1.29, 1.82) is 0 Å². The molecule has 1 aromatic carbocycles. The Labute approximate surface area is 196 Å². The van der Waals surface area contributed by atoms with E-state index >= 15 is 0 Å². The molecule has 29 heavy (non-hydrogen) atoms. The van der Waals surface area contributed by atoms with E-state index in [0.717, 1.165) is 30.5 Å². The molecule has 2 heterocycles. The fraction of sp³-hybridized carbons (Fsp3) is 0.545. The number of guanidine groups is 1. The van der Waals surface area contributed by atoms with Crippen LogP contribution in [0.15, 0.2) is 35.5 Å². The van der Waals surface area contributed by atoms with Gasteiger partial charge in [0.05, 0.1) is 13.1 Å². The van der Waals surface area contributed by atoms with Crippen LogP contribution in [0.5, 0.6) is 0 Å². The lowest BCUT2D eigenvalue weighted by Gasteiger charge is -2.26. The molecule has 0 bridgehead atoms. The molecule has 0 unspecified atom stereocenters. The van der Waals surface area contributed by atoms with Gasteiger partial charge >= 0.3 is 0 Å². The van der Waals surface area contributed by atoms with Crippen molar-refractivity contribution in [1.82, 2.24) is 20.5 Å². The zero-order valence-corrected chi connectivity index (χ0v) is 20.8. The SMILES string of the molecule is CCNC(=NCc1ccc(CN2CCCCC2)cc1)NCc1ncc(CC)s1.I. The molecule has 0 amide bonds. The molecule has 0 spiro atoms.